The Hall–Kier alpha value is -0.430. The number of aryl methyl sites for hydroxylation is 1. The third kappa shape index (κ3) is 5.06. The van der Waals surface area contributed by atoms with Gasteiger partial charge in [-0.2, -0.15) is 4.72 Å². The molecule has 0 spiro atoms. The Morgan fingerprint density at radius 2 is 1.67 bits per heavy atom. The average Bonchev–Trinajstić information content (AvgIpc) is 2.27. The summed E-state index contributed by atoms with van der Waals surface area (Å²) in [6.07, 6.45) is 0. The lowest BCUT2D eigenvalue weighted by atomic mass is 10.2. The third-order valence-corrected chi connectivity index (χ3v) is 4.27. The van der Waals surface area contributed by atoms with Crippen molar-refractivity contribution in [2.45, 2.75) is 18.7 Å². The molecule has 0 saturated heterocycles. The van der Waals surface area contributed by atoms with Crippen molar-refractivity contribution in [3.63, 3.8) is 0 Å². The van der Waals surface area contributed by atoms with E-state index in [9.17, 15) is 8.42 Å². The van der Waals surface area contributed by atoms with Crippen LogP contribution in [0.5, 0.6) is 0 Å². The average molecular weight is 337 g/mol. The van der Waals surface area contributed by atoms with Crippen LogP contribution in [0.25, 0.3) is 0 Å². The van der Waals surface area contributed by atoms with Gasteiger partial charge in [-0.05, 0) is 26.0 Å². The lowest BCUT2D eigenvalue weighted by Gasteiger charge is -2.27. The maximum Gasteiger partial charge on any atom is 0.244 e. The number of halogens is 1. The summed E-state index contributed by atoms with van der Waals surface area (Å²) in [5, 5.41) is 0. The van der Waals surface area contributed by atoms with E-state index in [1.807, 2.05) is 27.9 Å². The SMILES string of the molecule is CC[N+](C)(C)CNS(=O)(=O)c1ccc(C)cc1.[Br-]. The topological polar surface area (TPSA) is 46.2 Å². The summed E-state index contributed by atoms with van der Waals surface area (Å²) in [6.45, 7) is 5.23. The monoisotopic (exact) mass is 336 g/mol. The number of benzene rings is 1. The van der Waals surface area contributed by atoms with Crippen molar-refractivity contribution in [2.24, 2.45) is 0 Å². The molecule has 0 heterocycles. The van der Waals surface area contributed by atoms with Crippen LogP contribution in [-0.4, -0.2) is 40.2 Å². The molecule has 1 aromatic rings. The summed E-state index contributed by atoms with van der Waals surface area (Å²) in [4.78, 5) is 0.319. The molecule has 1 rings (SSSR count). The maximum atomic E-state index is 12.0. The fourth-order valence-corrected chi connectivity index (χ4v) is 2.35. The molecule has 0 aliphatic rings. The molecule has 18 heavy (non-hydrogen) atoms. The molecule has 104 valence electrons. The molecule has 4 nitrogen and oxygen atoms in total. The second-order valence-corrected chi connectivity index (χ2v) is 6.64. The van der Waals surface area contributed by atoms with Crippen molar-refractivity contribution >= 4 is 10.0 Å². The van der Waals surface area contributed by atoms with Crippen LogP contribution < -0.4 is 21.7 Å². The molecule has 0 aromatic heterocycles. The standard InChI is InChI=1S/C12H21N2O2S.BrH/c1-5-14(3,4)10-13-17(15,16)12-8-6-11(2)7-9-12;/h6-9,13H,5,10H2,1-4H3;1H/q+1;/p-1. The number of hydrogen-bond acceptors (Lipinski definition) is 2. The zero-order valence-electron chi connectivity index (χ0n) is 11.3. The summed E-state index contributed by atoms with van der Waals surface area (Å²) < 4.78 is 27.2. The molecule has 0 bridgehead atoms. The minimum Gasteiger partial charge on any atom is -1.00 e. The fraction of sp³-hybridized carbons (Fsp3) is 0.500. The van der Waals surface area contributed by atoms with Gasteiger partial charge in [0.2, 0.25) is 10.0 Å². The van der Waals surface area contributed by atoms with Crippen molar-refractivity contribution in [2.75, 3.05) is 27.3 Å². The van der Waals surface area contributed by atoms with E-state index in [0.717, 1.165) is 12.1 Å². The van der Waals surface area contributed by atoms with Gasteiger partial charge in [0.15, 0.2) is 0 Å². The van der Waals surface area contributed by atoms with E-state index in [1.165, 1.54) is 0 Å². The molecule has 1 aromatic carbocycles. The van der Waals surface area contributed by atoms with Crippen molar-refractivity contribution in [1.82, 2.24) is 4.72 Å². The van der Waals surface area contributed by atoms with Crippen LogP contribution in [0.3, 0.4) is 0 Å². The van der Waals surface area contributed by atoms with Gasteiger partial charge >= 0.3 is 0 Å². The molecule has 6 heteroatoms. The molecule has 0 atom stereocenters. The van der Waals surface area contributed by atoms with Gasteiger partial charge in [0.25, 0.3) is 0 Å². The van der Waals surface area contributed by atoms with Gasteiger partial charge in [-0.3, -0.25) is 0 Å². The Morgan fingerprint density at radius 3 is 2.11 bits per heavy atom. The fourth-order valence-electron chi connectivity index (χ4n) is 1.17. The van der Waals surface area contributed by atoms with Crippen LogP contribution >= 0.6 is 0 Å². The van der Waals surface area contributed by atoms with Gasteiger partial charge in [0.05, 0.1) is 25.5 Å². The number of hydrogen-bond donors (Lipinski definition) is 1. The summed E-state index contributed by atoms with van der Waals surface area (Å²) >= 11 is 0. The molecular formula is C12H21BrN2O2S. The highest BCUT2D eigenvalue weighted by Crippen LogP contribution is 2.10. The first-order valence-electron chi connectivity index (χ1n) is 5.65. The van der Waals surface area contributed by atoms with Crippen LogP contribution in [0.4, 0.5) is 0 Å². The van der Waals surface area contributed by atoms with E-state index < -0.39 is 10.0 Å². The molecule has 0 aliphatic carbocycles. The summed E-state index contributed by atoms with van der Waals surface area (Å²) in [5.74, 6) is 0. The summed E-state index contributed by atoms with van der Waals surface area (Å²) in [7, 11) is 0.582. The summed E-state index contributed by atoms with van der Waals surface area (Å²) in [6, 6.07) is 6.86. The molecular weight excluding hydrogens is 316 g/mol. The van der Waals surface area contributed by atoms with Crippen molar-refractivity contribution in [3.05, 3.63) is 29.8 Å². The molecule has 0 unspecified atom stereocenters. The maximum absolute atomic E-state index is 12.0. The van der Waals surface area contributed by atoms with Gasteiger partial charge in [-0.25, -0.2) is 8.42 Å². The van der Waals surface area contributed by atoms with Crippen LogP contribution in [0.1, 0.15) is 12.5 Å². The normalized spacial score (nSPS) is 12.0. The minimum absolute atomic E-state index is 0. The Bertz CT molecular complexity index is 469. The van der Waals surface area contributed by atoms with Gasteiger partial charge in [-0.1, -0.05) is 17.7 Å². The predicted octanol–water partition coefficient (Wildman–Crippen LogP) is -1.67. The van der Waals surface area contributed by atoms with Crippen LogP contribution in [0, 0.1) is 6.92 Å². The lowest BCUT2D eigenvalue weighted by molar-refractivity contribution is -0.889. The second kappa shape index (κ2) is 6.65. The highest BCUT2D eigenvalue weighted by molar-refractivity contribution is 7.89. The molecule has 0 amide bonds. The van der Waals surface area contributed by atoms with Gasteiger partial charge in [0.1, 0.15) is 6.67 Å². The lowest BCUT2D eigenvalue weighted by Crippen LogP contribution is -3.00. The van der Waals surface area contributed by atoms with Crippen molar-refractivity contribution in [3.8, 4) is 0 Å². The smallest absolute Gasteiger partial charge is 0.244 e. The van der Waals surface area contributed by atoms with Crippen LogP contribution in [-0.2, 0) is 10.0 Å². The minimum atomic E-state index is -3.39. The molecule has 0 radical (unpaired) electrons. The first kappa shape index (κ1) is 17.6. The van der Waals surface area contributed by atoms with Crippen molar-refractivity contribution < 1.29 is 29.9 Å². The molecule has 0 saturated carbocycles. The van der Waals surface area contributed by atoms with E-state index >= 15 is 0 Å². The van der Waals surface area contributed by atoms with Crippen molar-refractivity contribution in [1.29, 1.82) is 0 Å². The molecule has 1 N–H and O–H groups in total. The highest BCUT2D eigenvalue weighted by Gasteiger charge is 2.19. The zero-order chi connectivity index (χ0) is 13.1. The number of quaternary nitrogens is 1. The second-order valence-electron chi connectivity index (χ2n) is 4.87. The molecule has 0 fully saturated rings. The zero-order valence-corrected chi connectivity index (χ0v) is 13.7. The first-order chi connectivity index (χ1) is 7.77. The van der Waals surface area contributed by atoms with E-state index in [0.29, 0.717) is 16.0 Å². The number of nitrogens with one attached hydrogen (secondary N) is 1. The van der Waals surface area contributed by atoms with Gasteiger partial charge < -0.3 is 21.5 Å². The third-order valence-electron chi connectivity index (χ3n) is 2.87. The van der Waals surface area contributed by atoms with Gasteiger partial charge in [-0.15, -0.1) is 0 Å². The largest absolute Gasteiger partial charge is 1.00 e. The van der Waals surface area contributed by atoms with E-state index in [1.54, 1.807) is 24.3 Å². The Morgan fingerprint density at radius 1 is 1.17 bits per heavy atom. The number of sulfonamides is 1. The van der Waals surface area contributed by atoms with Gasteiger partial charge in [0, 0.05) is 0 Å². The predicted molar refractivity (Wildman–Crippen MR) is 69.0 cm³/mol. The van der Waals surface area contributed by atoms with E-state index in [2.05, 4.69) is 4.72 Å². The quantitative estimate of drug-likeness (QED) is 0.516. The number of nitrogens with zero attached hydrogens (tertiary/aromatic N) is 1. The Labute approximate surface area is 120 Å². The number of rotatable bonds is 5. The highest BCUT2D eigenvalue weighted by atomic mass is 79.9. The van der Waals surface area contributed by atoms with Crippen LogP contribution in [0.15, 0.2) is 29.2 Å². The Kier molecular flexibility index (Phi) is 6.50. The van der Waals surface area contributed by atoms with E-state index in [4.69, 9.17) is 0 Å². The first-order valence-corrected chi connectivity index (χ1v) is 7.13. The molecule has 0 aliphatic heterocycles. The Balaban J connectivity index is 0.00000289. The van der Waals surface area contributed by atoms with Crippen LogP contribution in [0.2, 0.25) is 0 Å². The van der Waals surface area contributed by atoms with E-state index in [-0.39, 0.29) is 17.0 Å². The summed E-state index contributed by atoms with van der Waals surface area (Å²) in [5.41, 5.74) is 1.05.